The Kier molecular flexibility index (Phi) is 9.43. The largest absolute Gasteiger partial charge is 0.369 e. The number of rotatable bonds is 9. The van der Waals surface area contributed by atoms with Crippen molar-refractivity contribution in [3.8, 4) is 11.1 Å². The van der Waals surface area contributed by atoms with Gasteiger partial charge in [-0.05, 0) is 108 Å². The lowest BCUT2D eigenvalue weighted by Crippen LogP contribution is -2.42. The van der Waals surface area contributed by atoms with Gasteiger partial charge < -0.3 is 20.1 Å². The first-order chi connectivity index (χ1) is 19.5. The number of Topliss-reactive ketones (excluding diaryl/α,β-unsaturated/α-hetero) is 1. The fraction of sp³-hybridized carbons (Fsp3) is 0.455. The van der Waals surface area contributed by atoms with Crippen molar-refractivity contribution in [1.29, 1.82) is 0 Å². The molecule has 1 aromatic carbocycles. The smallest absolute Gasteiger partial charge is 0.253 e. The summed E-state index contributed by atoms with van der Waals surface area (Å²) in [5, 5.41) is 3.00. The lowest BCUT2D eigenvalue weighted by molar-refractivity contribution is 0.0949. The number of nitrogens with zero attached hydrogens (tertiary/aromatic N) is 3. The molecule has 0 unspecified atom stereocenters. The Hall–Kier alpha value is -3.78. The van der Waals surface area contributed by atoms with Crippen LogP contribution in [0.4, 0.5) is 5.69 Å². The highest BCUT2D eigenvalue weighted by Crippen LogP contribution is 2.35. The van der Waals surface area contributed by atoms with Crippen molar-refractivity contribution in [1.82, 2.24) is 20.2 Å². The van der Waals surface area contributed by atoms with Gasteiger partial charge in [-0.3, -0.25) is 19.4 Å². The Morgan fingerprint density at radius 3 is 2.24 bits per heavy atom. The first-order valence-electron chi connectivity index (χ1n) is 14.5. The average molecular weight is 558 g/mol. The van der Waals surface area contributed by atoms with E-state index in [1.807, 2.05) is 39.0 Å². The molecule has 2 aromatic heterocycles. The van der Waals surface area contributed by atoms with E-state index in [9.17, 15) is 14.4 Å². The zero-order valence-electron chi connectivity index (χ0n) is 25.4. The van der Waals surface area contributed by atoms with E-state index in [2.05, 4.69) is 52.2 Å². The topological polar surface area (TPSA) is 98.4 Å². The lowest BCUT2D eigenvalue weighted by Gasteiger charge is -2.40. The average Bonchev–Trinajstić information content (AvgIpc) is 2.94. The molecule has 8 heteroatoms. The number of benzene rings is 1. The Bertz CT molecular complexity index is 1470. The van der Waals surface area contributed by atoms with Crippen molar-refractivity contribution in [2.75, 3.05) is 25.5 Å². The highest BCUT2D eigenvalue weighted by Gasteiger charge is 2.28. The van der Waals surface area contributed by atoms with Crippen molar-refractivity contribution in [2.45, 2.75) is 78.9 Å². The molecule has 2 N–H and O–H groups in total. The molecule has 2 heterocycles. The molecule has 0 atom stereocenters. The third-order valence-corrected chi connectivity index (χ3v) is 8.49. The highest BCUT2D eigenvalue weighted by atomic mass is 16.2. The molecule has 0 saturated heterocycles. The van der Waals surface area contributed by atoms with E-state index in [4.69, 9.17) is 0 Å². The second-order valence-electron chi connectivity index (χ2n) is 11.5. The molecule has 8 nitrogen and oxygen atoms in total. The van der Waals surface area contributed by atoms with Crippen LogP contribution >= 0.6 is 0 Å². The monoisotopic (exact) mass is 557 g/mol. The number of aromatic nitrogens is 2. The number of pyridine rings is 2. The molecule has 4 rings (SSSR count). The molecule has 0 bridgehead atoms. The summed E-state index contributed by atoms with van der Waals surface area (Å²) < 4.78 is 0. The van der Waals surface area contributed by atoms with Crippen LogP contribution in [0.2, 0.25) is 0 Å². The van der Waals surface area contributed by atoms with Crippen molar-refractivity contribution in [3.63, 3.8) is 0 Å². The number of amides is 1. The minimum Gasteiger partial charge on any atom is -0.369 e. The molecule has 218 valence electrons. The Balaban J connectivity index is 1.72. The van der Waals surface area contributed by atoms with Gasteiger partial charge in [0.2, 0.25) is 0 Å². The number of aryl methyl sites for hydroxylation is 2. The van der Waals surface area contributed by atoms with Crippen LogP contribution in [-0.2, 0) is 6.54 Å². The maximum atomic E-state index is 13.7. The molecule has 3 aromatic rings. The number of carbonyl (C=O) groups excluding carboxylic acids is 2. The SMILES string of the molecule is CCN(c1cc(-c2ccc(C(C)=O)nc2)cc(C(=O)NCc2c(C)cc(C)[nH]c2=O)c1C)C1CCC(N(C)C)CC1. The van der Waals surface area contributed by atoms with Crippen LogP contribution in [0, 0.1) is 20.8 Å². The van der Waals surface area contributed by atoms with E-state index < -0.39 is 0 Å². The maximum Gasteiger partial charge on any atom is 0.253 e. The van der Waals surface area contributed by atoms with Gasteiger partial charge in [0, 0.05) is 66.4 Å². The van der Waals surface area contributed by atoms with Gasteiger partial charge in [0.1, 0.15) is 5.69 Å². The zero-order valence-corrected chi connectivity index (χ0v) is 25.4. The molecule has 1 saturated carbocycles. The summed E-state index contributed by atoms with van der Waals surface area (Å²) in [5.74, 6) is -0.321. The normalized spacial score (nSPS) is 17.0. The van der Waals surface area contributed by atoms with Gasteiger partial charge in [-0.1, -0.05) is 6.07 Å². The van der Waals surface area contributed by atoms with Gasteiger partial charge in [0.25, 0.3) is 11.5 Å². The fourth-order valence-corrected chi connectivity index (χ4v) is 6.05. The molecule has 0 radical (unpaired) electrons. The predicted molar refractivity (Wildman–Crippen MR) is 165 cm³/mol. The van der Waals surface area contributed by atoms with Gasteiger partial charge in [0.05, 0.1) is 0 Å². The zero-order chi connectivity index (χ0) is 29.8. The molecule has 1 fully saturated rings. The van der Waals surface area contributed by atoms with Crippen LogP contribution in [0.15, 0.2) is 41.3 Å². The van der Waals surface area contributed by atoms with Crippen LogP contribution in [-0.4, -0.2) is 59.3 Å². The van der Waals surface area contributed by atoms with Gasteiger partial charge in [-0.15, -0.1) is 0 Å². The quantitative estimate of drug-likeness (QED) is 0.351. The predicted octanol–water partition coefficient (Wildman–Crippen LogP) is 5.19. The number of anilines is 1. The maximum absolute atomic E-state index is 13.7. The van der Waals surface area contributed by atoms with E-state index in [1.54, 1.807) is 12.3 Å². The Morgan fingerprint density at radius 1 is 1.00 bits per heavy atom. The van der Waals surface area contributed by atoms with Gasteiger partial charge >= 0.3 is 0 Å². The number of hydrogen-bond acceptors (Lipinski definition) is 6. The molecule has 0 spiro atoms. The van der Waals surface area contributed by atoms with Gasteiger partial charge in [-0.2, -0.15) is 0 Å². The second-order valence-corrected chi connectivity index (χ2v) is 11.5. The summed E-state index contributed by atoms with van der Waals surface area (Å²) in [4.78, 5) is 50.0. The van der Waals surface area contributed by atoms with Crippen molar-refractivity contribution < 1.29 is 9.59 Å². The van der Waals surface area contributed by atoms with Crippen LogP contribution in [0.5, 0.6) is 0 Å². The third kappa shape index (κ3) is 6.76. The Labute approximate surface area is 243 Å². The van der Waals surface area contributed by atoms with Crippen LogP contribution in [0.3, 0.4) is 0 Å². The number of ketones is 1. The first-order valence-corrected chi connectivity index (χ1v) is 14.5. The van der Waals surface area contributed by atoms with Crippen LogP contribution < -0.4 is 15.8 Å². The van der Waals surface area contributed by atoms with Crippen molar-refractivity contribution >= 4 is 17.4 Å². The van der Waals surface area contributed by atoms with Crippen molar-refractivity contribution in [3.05, 3.63) is 80.5 Å². The molecule has 1 aliphatic carbocycles. The van der Waals surface area contributed by atoms with Gasteiger partial charge in [-0.25, -0.2) is 0 Å². The Morgan fingerprint density at radius 2 is 1.68 bits per heavy atom. The summed E-state index contributed by atoms with van der Waals surface area (Å²) in [6, 6.07) is 10.5. The highest BCUT2D eigenvalue weighted by molar-refractivity contribution is 5.99. The van der Waals surface area contributed by atoms with E-state index in [0.29, 0.717) is 28.9 Å². The first kappa shape index (κ1) is 30.2. The number of hydrogen-bond donors (Lipinski definition) is 2. The van der Waals surface area contributed by atoms with Crippen LogP contribution in [0.25, 0.3) is 11.1 Å². The van der Waals surface area contributed by atoms with Gasteiger partial charge in [0.15, 0.2) is 5.78 Å². The molecular weight excluding hydrogens is 514 g/mol. The number of nitrogens with one attached hydrogen (secondary N) is 2. The summed E-state index contributed by atoms with van der Waals surface area (Å²) >= 11 is 0. The minimum atomic E-state index is -0.231. The molecule has 0 aliphatic heterocycles. The standard InChI is InChI=1S/C33H43N5O3/c1-8-38(27-12-10-26(11-13-27)37(6)7)31-17-25(24-9-14-30(23(5)39)34-18-24)16-28(22(31)4)32(40)35-19-29-20(2)15-21(3)36-33(29)41/h9,14-18,26-27H,8,10-13,19H2,1-7H3,(H,35,40)(H,36,41). The van der Waals surface area contributed by atoms with Crippen molar-refractivity contribution in [2.24, 2.45) is 0 Å². The molecule has 1 aliphatic rings. The van der Waals surface area contributed by atoms with E-state index in [-0.39, 0.29) is 23.8 Å². The summed E-state index contributed by atoms with van der Waals surface area (Å²) in [6.07, 6.45) is 6.15. The summed E-state index contributed by atoms with van der Waals surface area (Å²) in [6.45, 7) is 10.4. The number of aromatic amines is 1. The molecule has 41 heavy (non-hydrogen) atoms. The summed E-state index contributed by atoms with van der Waals surface area (Å²) in [7, 11) is 4.30. The van der Waals surface area contributed by atoms with E-state index >= 15 is 0 Å². The molecular formula is C33H43N5O3. The van der Waals surface area contributed by atoms with E-state index in [0.717, 1.165) is 65.9 Å². The number of H-pyrrole nitrogens is 1. The minimum absolute atomic E-state index is 0.0897. The summed E-state index contributed by atoms with van der Waals surface area (Å²) in [5.41, 5.74) is 6.62. The fourth-order valence-electron chi connectivity index (χ4n) is 6.05. The second kappa shape index (κ2) is 12.8. The molecule has 1 amide bonds. The third-order valence-electron chi connectivity index (χ3n) is 8.49. The lowest BCUT2D eigenvalue weighted by atomic mass is 9.88. The van der Waals surface area contributed by atoms with Crippen LogP contribution in [0.1, 0.15) is 82.8 Å². The number of carbonyl (C=O) groups is 2. The van der Waals surface area contributed by atoms with E-state index in [1.165, 1.54) is 6.92 Å².